The van der Waals surface area contributed by atoms with E-state index in [9.17, 15) is 23.2 Å². The van der Waals surface area contributed by atoms with Gasteiger partial charge in [-0.25, -0.2) is 0 Å². The summed E-state index contributed by atoms with van der Waals surface area (Å²) in [6, 6.07) is 14.3. The van der Waals surface area contributed by atoms with Gasteiger partial charge in [0.25, 0.3) is 5.91 Å². The summed E-state index contributed by atoms with van der Waals surface area (Å²) >= 11 is 12.0. The summed E-state index contributed by atoms with van der Waals surface area (Å²) in [5.41, 5.74) is 0.510. The molecular formula is C21H11Cl2F3N2O3. The van der Waals surface area contributed by atoms with Crippen LogP contribution in [0, 0.1) is 11.3 Å². The van der Waals surface area contributed by atoms with E-state index in [0.29, 0.717) is 21.4 Å². The smallest absolute Gasteiger partial charge is 0.457 e. The van der Waals surface area contributed by atoms with Gasteiger partial charge < -0.3 is 14.5 Å². The molecule has 158 valence electrons. The zero-order chi connectivity index (χ0) is 22.6. The topological polar surface area (TPSA) is 75.3 Å². The van der Waals surface area contributed by atoms with Gasteiger partial charge in [0.2, 0.25) is 0 Å². The van der Waals surface area contributed by atoms with Crippen molar-refractivity contribution in [3.05, 3.63) is 76.0 Å². The van der Waals surface area contributed by atoms with E-state index in [1.54, 1.807) is 36.4 Å². The largest absolute Gasteiger partial charge is 0.573 e. The number of carbonyl (C=O) groups is 1. The lowest BCUT2D eigenvalue weighted by molar-refractivity contribution is -0.274. The summed E-state index contributed by atoms with van der Waals surface area (Å²) in [7, 11) is 0. The maximum absolute atomic E-state index is 12.3. The number of nitrogens with zero attached hydrogens (tertiary/aromatic N) is 1. The Kier molecular flexibility index (Phi) is 6.59. The first kappa shape index (κ1) is 22.3. The van der Waals surface area contributed by atoms with E-state index in [0.717, 1.165) is 12.1 Å². The summed E-state index contributed by atoms with van der Waals surface area (Å²) in [5.74, 6) is -0.554. The van der Waals surface area contributed by atoms with Gasteiger partial charge in [-0.05, 0) is 54.6 Å². The summed E-state index contributed by atoms with van der Waals surface area (Å²) in [6.45, 7) is 0. The standard InChI is InChI=1S/C21H11Cl2F3N2O3/c22-14-7-12(8-15(23)10-14)19-6-5-18(30-19)9-13(11-27)20(29)28-16-1-3-17(4-2-16)31-21(24,25)26/h1-10H,(H,28,29)/b13-9+. The molecule has 0 aliphatic rings. The number of hydrogen-bond acceptors (Lipinski definition) is 4. The predicted octanol–water partition coefficient (Wildman–Crippen LogP) is 6.70. The van der Waals surface area contributed by atoms with Crippen LogP contribution in [-0.4, -0.2) is 12.3 Å². The molecule has 1 amide bonds. The monoisotopic (exact) mass is 466 g/mol. The van der Waals surface area contributed by atoms with Gasteiger partial charge >= 0.3 is 6.36 Å². The number of halogens is 5. The van der Waals surface area contributed by atoms with Gasteiger partial charge in [-0.15, -0.1) is 13.2 Å². The molecule has 0 unspecified atom stereocenters. The third-order valence-corrected chi connectivity index (χ3v) is 4.21. The van der Waals surface area contributed by atoms with Gasteiger partial charge in [0.1, 0.15) is 28.9 Å². The molecule has 0 atom stereocenters. The van der Waals surface area contributed by atoms with E-state index in [1.807, 2.05) is 0 Å². The lowest BCUT2D eigenvalue weighted by atomic mass is 10.2. The average Bonchev–Trinajstić information content (AvgIpc) is 3.14. The Balaban J connectivity index is 1.74. The number of alkyl halides is 3. The molecule has 3 aromatic rings. The number of hydrogen-bond donors (Lipinski definition) is 1. The highest BCUT2D eigenvalue weighted by molar-refractivity contribution is 6.35. The van der Waals surface area contributed by atoms with Crippen molar-refractivity contribution in [2.45, 2.75) is 6.36 Å². The Hall–Kier alpha value is -3.41. The normalized spacial score (nSPS) is 11.7. The highest BCUT2D eigenvalue weighted by Crippen LogP contribution is 2.29. The fourth-order valence-electron chi connectivity index (χ4n) is 2.51. The minimum absolute atomic E-state index is 0.175. The second-order valence-corrected chi connectivity index (χ2v) is 6.93. The van der Waals surface area contributed by atoms with Crippen LogP contribution in [0.4, 0.5) is 18.9 Å². The minimum Gasteiger partial charge on any atom is -0.457 e. The third kappa shape index (κ3) is 6.28. The zero-order valence-electron chi connectivity index (χ0n) is 15.3. The number of carbonyl (C=O) groups excluding carboxylic acids is 1. The van der Waals surface area contributed by atoms with Crippen LogP contribution in [-0.2, 0) is 4.79 Å². The first-order chi connectivity index (χ1) is 14.6. The van der Waals surface area contributed by atoms with E-state index in [4.69, 9.17) is 27.6 Å². The number of ether oxygens (including phenoxy) is 1. The molecule has 0 bridgehead atoms. The fourth-order valence-corrected chi connectivity index (χ4v) is 3.04. The van der Waals surface area contributed by atoms with E-state index >= 15 is 0 Å². The van der Waals surface area contributed by atoms with Crippen molar-refractivity contribution in [2.75, 3.05) is 5.32 Å². The predicted molar refractivity (Wildman–Crippen MR) is 110 cm³/mol. The number of amides is 1. The third-order valence-electron chi connectivity index (χ3n) is 3.77. The van der Waals surface area contributed by atoms with Crippen molar-refractivity contribution < 1.29 is 27.1 Å². The van der Waals surface area contributed by atoms with Gasteiger partial charge in [-0.1, -0.05) is 23.2 Å². The molecule has 2 aromatic carbocycles. The van der Waals surface area contributed by atoms with Gasteiger partial charge in [0.05, 0.1) is 0 Å². The van der Waals surface area contributed by atoms with Crippen LogP contribution in [0.5, 0.6) is 5.75 Å². The van der Waals surface area contributed by atoms with Crippen molar-refractivity contribution in [3.63, 3.8) is 0 Å². The quantitative estimate of drug-likeness (QED) is 0.335. The second-order valence-electron chi connectivity index (χ2n) is 6.06. The first-order valence-electron chi connectivity index (χ1n) is 8.48. The highest BCUT2D eigenvalue weighted by atomic mass is 35.5. The van der Waals surface area contributed by atoms with Crippen molar-refractivity contribution in [3.8, 4) is 23.1 Å². The molecule has 0 fully saturated rings. The molecule has 1 aromatic heterocycles. The summed E-state index contributed by atoms with van der Waals surface area (Å²) in [5, 5.41) is 12.5. The molecule has 0 spiro atoms. The molecule has 31 heavy (non-hydrogen) atoms. The van der Waals surface area contributed by atoms with Crippen molar-refractivity contribution >= 4 is 40.9 Å². The molecule has 1 N–H and O–H groups in total. The Bertz CT molecular complexity index is 1160. The van der Waals surface area contributed by atoms with Crippen LogP contribution < -0.4 is 10.1 Å². The number of rotatable bonds is 5. The lowest BCUT2D eigenvalue weighted by Crippen LogP contribution is -2.17. The SMILES string of the molecule is N#C/C(=C\c1ccc(-c2cc(Cl)cc(Cl)c2)o1)C(=O)Nc1ccc(OC(F)(F)F)cc1. The minimum atomic E-state index is -4.82. The second kappa shape index (κ2) is 9.16. The van der Waals surface area contributed by atoms with Gasteiger partial charge in [-0.2, -0.15) is 5.26 Å². The number of anilines is 1. The number of nitriles is 1. The maximum atomic E-state index is 12.3. The first-order valence-corrected chi connectivity index (χ1v) is 9.24. The highest BCUT2D eigenvalue weighted by Gasteiger charge is 2.31. The van der Waals surface area contributed by atoms with Crippen LogP contribution in [0.25, 0.3) is 17.4 Å². The summed E-state index contributed by atoms with van der Waals surface area (Å²) in [6.07, 6.45) is -3.59. The van der Waals surface area contributed by atoms with Crippen LogP contribution >= 0.6 is 23.2 Å². The summed E-state index contributed by atoms with van der Waals surface area (Å²) < 4.78 is 46.0. The van der Waals surface area contributed by atoms with E-state index in [2.05, 4.69) is 10.1 Å². The maximum Gasteiger partial charge on any atom is 0.573 e. The van der Waals surface area contributed by atoms with Crippen LogP contribution in [0.3, 0.4) is 0 Å². The molecule has 0 saturated carbocycles. The Labute approximate surface area is 184 Å². The molecule has 3 rings (SSSR count). The molecular weight excluding hydrogens is 456 g/mol. The molecule has 0 aliphatic heterocycles. The van der Waals surface area contributed by atoms with Crippen LogP contribution in [0.2, 0.25) is 10.0 Å². The molecule has 0 aliphatic carbocycles. The lowest BCUT2D eigenvalue weighted by Gasteiger charge is -2.09. The van der Waals surface area contributed by atoms with Crippen molar-refractivity contribution in [1.82, 2.24) is 0 Å². The van der Waals surface area contributed by atoms with Crippen molar-refractivity contribution in [2.24, 2.45) is 0 Å². The van der Waals surface area contributed by atoms with Crippen LogP contribution in [0.15, 0.2) is 64.6 Å². The Morgan fingerprint density at radius 3 is 2.29 bits per heavy atom. The molecule has 1 heterocycles. The van der Waals surface area contributed by atoms with Gasteiger partial charge in [0, 0.05) is 27.4 Å². The molecule has 10 heteroatoms. The molecule has 5 nitrogen and oxygen atoms in total. The van der Waals surface area contributed by atoms with E-state index in [-0.39, 0.29) is 17.0 Å². The van der Waals surface area contributed by atoms with E-state index in [1.165, 1.54) is 18.2 Å². The van der Waals surface area contributed by atoms with E-state index < -0.39 is 18.0 Å². The van der Waals surface area contributed by atoms with Crippen molar-refractivity contribution in [1.29, 1.82) is 5.26 Å². The van der Waals surface area contributed by atoms with Gasteiger partial charge in [0.15, 0.2) is 0 Å². The Morgan fingerprint density at radius 1 is 1.06 bits per heavy atom. The van der Waals surface area contributed by atoms with Gasteiger partial charge in [-0.3, -0.25) is 4.79 Å². The average molecular weight is 467 g/mol. The zero-order valence-corrected chi connectivity index (χ0v) is 16.8. The fraction of sp³-hybridized carbons (Fsp3) is 0.0476. The Morgan fingerprint density at radius 2 is 1.71 bits per heavy atom. The number of nitrogens with one attached hydrogen (secondary N) is 1. The van der Waals surface area contributed by atoms with Crippen LogP contribution in [0.1, 0.15) is 5.76 Å². The molecule has 0 radical (unpaired) electrons. The number of furan rings is 1. The summed E-state index contributed by atoms with van der Waals surface area (Å²) in [4.78, 5) is 12.3. The molecule has 0 saturated heterocycles. The number of benzene rings is 2.